The van der Waals surface area contributed by atoms with Gasteiger partial charge in [0.15, 0.2) is 0 Å². The molecule has 0 bridgehead atoms. The number of carbonyl (C=O) groups is 2. The molecule has 6 heteroatoms. The van der Waals surface area contributed by atoms with E-state index in [-0.39, 0.29) is 16.8 Å². The molecule has 3 N–H and O–H groups in total. The number of piperazine rings is 1. The second kappa shape index (κ2) is 4.86. The van der Waals surface area contributed by atoms with Gasteiger partial charge in [0.2, 0.25) is 5.91 Å². The van der Waals surface area contributed by atoms with E-state index < -0.39 is 6.04 Å². The lowest BCUT2D eigenvalue weighted by atomic mass is 10.1. The van der Waals surface area contributed by atoms with E-state index in [1.165, 1.54) is 4.90 Å². The fraction of sp³-hybridized carbons (Fsp3) is 0.333. The Kier molecular flexibility index (Phi) is 3.43. The average Bonchev–Trinajstić information content (AvgIpc) is 2.35. The number of nitrogens with zero attached hydrogens (tertiary/aromatic N) is 1. The summed E-state index contributed by atoms with van der Waals surface area (Å²) in [5.41, 5.74) is 6.36. The minimum absolute atomic E-state index is 0.158. The highest BCUT2D eigenvalue weighted by Crippen LogP contribution is 2.25. The van der Waals surface area contributed by atoms with E-state index in [0.29, 0.717) is 24.3 Å². The van der Waals surface area contributed by atoms with Crippen LogP contribution in [0.15, 0.2) is 18.2 Å². The van der Waals surface area contributed by atoms with Crippen molar-refractivity contribution >= 4 is 29.1 Å². The van der Waals surface area contributed by atoms with Crippen molar-refractivity contribution in [1.82, 2.24) is 10.2 Å². The van der Waals surface area contributed by atoms with E-state index >= 15 is 0 Å². The molecule has 0 aliphatic carbocycles. The summed E-state index contributed by atoms with van der Waals surface area (Å²) in [7, 11) is 0. The van der Waals surface area contributed by atoms with Crippen LogP contribution in [-0.4, -0.2) is 35.8 Å². The summed E-state index contributed by atoms with van der Waals surface area (Å²) in [5, 5.41) is 2.94. The zero-order chi connectivity index (χ0) is 13.3. The first-order valence-corrected chi connectivity index (χ1v) is 6.03. The van der Waals surface area contributed by atoms with Crippen molar-refractivity contribution in [3.63, 3.8) is 0 Å². The highest BCUT2D eigenvalue weighted by atomic mass is 35.5. The minimum Gasteiger partial charge on any atom is -0.398 e. The minimum atomic E-state index is -0.497. The fourth-order valence-electron chi connectivity index (χ4n) is 1.93. The molecule has 0 spiro atoms. The van der Waals surface area contributed by atoms with Crippen molar-refractivity contribution < 1.29 is 9.59 Å². The van der Waals surface area contributed by atoms with Gasteiger partial charge in [-0.05, 0) is 19.1 Å². The Hall–Kier alpha value is -1.75. The van der Waals surface area contributed by atoms with Crippen molar-refractivity contribution in [2.24, 2.45) is 0 Å². The van der Waals surface area contributed by atoms with E-state index in [9.17, 15) is 9.59 Å². The van der Waals surface area contributed by atoms with Gasteiger partial charge in [-0.3, -0.25) is 9.59 Å². The van der Waals surface area contributed by atoms with Gasteiger partial charge in [0, 0.05) is 13.1 Å². The largest absolute Gasteiger partial charge is 0.398 e. The summed E-state index contributed by atoms with van der Waals surface area (Å²) in [6.45, 7) is 2.61. The van der Waals surface area contributed by atoms with E-state index in [4.69, 9.17) is 17.3 Å². The second-order valence-corrected chi connectivity index (χ2v) is 4.55. The molecule has 1 saturated heterocycles. The molecule has 96 valence electrons. The predicted molar refractivity (Wildman–Crippen MR) is 69.4 cm³/mol. The Morgan fingerprint density at radius 3 is 3.00 bits per heavy atom. The van der Waals surface area contributed by atoms with Crippen molar-refractivity contribution in [1.29, 1.82) is 0 Å². The first kappa shape index (κ1) is 12.7. The maximum absolute atomic E-state index is 12.3. The first-order valence-electron chi connectivity index (χ1n) is 5.65. The summed E-state index contributed by atoms with van der Waals surface area (Å²) >= 11 is 6.02. The number of anilines is 1. The zero-order valence-electron chi connectivity index (χ0n) is 9.94. The van der Waals surface area contributed by atoms with Gasteiger partial charge in [-0.2, -0.15) is 0 Å². The molecule has 1 aliphatic heterocycles. The molecule has 1 aromatic rings. The van der Waals surface area contributed by atoms with E-state index in [1.54, 1.807) is 25.1 Å². The number of hydrogen-bond donors (Lipinski definition) is 2. The summed E-state index contributed by atoms with van der Waals surface area (Å²) in [6.07, 6.45) is 0. The summed E-state index contributed by atoms with van der Waals surface area (Å²) in [6, 6.07) is 4.42. The molecule has 0 radical (unpaired) electrons. The quantitative estimate of drug-likeness (QED) is 0.742. The van der Waals surface area contributed by atoms with Crippen LogP contribution in [0, 0.1) is 0 Å². The number of hydrogen-bond acceptors (Lipinski definition) is 3. The van der Waals surface area contributed by atoms with Gasteiger partial charge < -0.3 is 16.0 Å². The van der Waals surface area contributed by atoms with Crippen LogP contribution in [-0.2, 0) is 4.79 Å². The third-order valence-corrected chi connectivity index (χ3v) is 3.44. The van der Waals surface area contributed by atoms with Crippen LogP contribution in [0.5, 0.6) is 0 Å². The molecule has 18 heavy (non-hydrogen) atoms. The first-order chi connectivity index (χ1) is 8.52. The number of nitrogens with one attached hydrogen (secondary N) is 1. The van der Waals surface area contributed by atoms with Crippen LogP contribution in [0.4, 0.5) is 5.69 Å². The molecular formula is C12H14ClN3O2. The lowest BCUT2D eigenvalue weighted by Crippen LogP contribution is -2.55. The monoisotopic (exact) mass is 267 g/mol. The number of rotatable bonds is 1. The third kappa shape index (κ3) is 2.13. The van der Waals surface area contributed by atoms with Gasteiger partial charge >= 0.3 is 0 Å². The van der Waals surface area contributed by atoms with Crippen LogP contribution in [0.3, 0.4) is 0 Å². The van der Waals surface area contributed by atoms with Gasteiger partial charge in [0.05, 0.1) is 16.3 Å². The smallest absolute Gasteiger partial charge is 0.256 e. The van der Waals surface area contributed by atoms with Gasteiger partial charge in [-0.15, -0.1) is 0 Å². The van der Waals surface area contributed by atoms with Crippen LogP contribution in [0.1, 0.15) is 17.3 Å². The van der Waals surface area contributed by atoms with Crippen molar-refractivity contribution in [2.45, 2.75) is 13.0 Å². The summed E-state index contributed by atoms with van der Waals surface area (Å²) in [5.74, 6) is -0.427. The molecular weight excluding hydrogens is 254 g/mol. The highest BCUT2D eigenvalue weighted by Gasteiger charge is 2.30. The molecule has 1 unspecified atom stereocenters. The lowest BCUT2D eigenvalue weighted by Gasteiger charge is -2.33. The highest BCUT2D eigenvalue weighted by molar-refractivity contribution is 6.36. The average molecular weight is 268 g/mol. The van der Waals surface area contributed by atoms with Crippen LogP contribution >= 0.6 is 11.6 Å². The Balaban J connectivity index is 2.31. The SMILES string of the molecule is CC1C(=O)NCCN1C(=O)c1cccc(N)c1Cl. The topological polar surface area (TPSA) is 75.4 Å². The van der Waals surface area contributed by atoms with E-state index in [2.05, 4.69) is 5.32 Å². The molecule has 0 aromatic heterocycles. The lowest BCUT2D eigenvalue weighted by molar-refractivity contribution is -0.127. The summed E-state index contributed by atoms with van der Waals surface area (Å²) < 4.78 is 0. The molecule has 1 fully saturated rings. The number of carbonyl (C=O) groups excluding carboxylic acids is 2. The third-order valence-electron chi connectivity index (χ3n) is 3.02. The molecule has 2 rings (SSSR count). The number of amides is 2. The Labute approximate surface area is 110 Å². The number of benzene rings is 1. The molecule has 1 aliphatic rings. The molecule has 5 nitrogen and oxygen atoms in total. The number of nitrogen functional groups attached to an aromatic ring is 1. The van der Waals surface area contributed by atoms with Gasteiger partial charge in [-0.25, -0.2) is 0 Å². The van der Waals surface area contributed by atoms with Crippen molar-refractivity contribution in [3.05, 3.63) is 28.8 Å². The number of nitrogens with two attached hydrogens (primary N) is 1. The normalized spacial score (nSPS) is 19.6. The molecule has 1 aromatic carbocycles. The summed E-state index contributed by atoms with van der Waals surface area (Å²) in [4.78, 5) is 25.4. The van der Waals surface area contributed by atoms with E-state index in [0.717, 1.165) is 0 Å². The van der Waals surface area contributed by atoms with Crippen molar-refractivity contribution in [3.8, 4) is 0 Å². The molecule has 2 amide bonds. The van der Waals surface area contributed by atoms with Crippen LogP contribution < -0.4 is 11.1 Å². The predicted octanol–water partition coefficient (Wildman–Crippen LogP) is 0.883. The molecule has 1 atom stereocenters. The Bertz CT molecular complexity index is 504. The standard InChI is InChI=1S/C12H14ClN3O2/c1-7-11(17)15-5-6-16(7)12(18)8-3-2-4-9(14)10(8)13/h2-4,7H,5-6,14H2,1H3,(H,15,17). The van der Waals surface area contributed by atoms with Gasteiger partial charge in [0.1, 0.15) is 6.04 Å². The maximum atomic E-state index is 12.3. The molecule has 0 saturated carbocycles. The second-order valence-electron chi connectivity index (χ2n) is 4.17. The van der Waals surface area contributed by atoms with Crippen LogP contribution in [0.2, 0.25) is 5.02 Å². The Morgan fingerprint density at radius 2 is 2.28 bits per heavy atom. The van der Waals surface area contributed by atoms with Crippen LogP contribution in [0.25, 0.3) is 0 Å². The zero-order valence-corrected chi connectivity index (χ0v) is 10.7. The fourth-order valence-corrected chi connectivity index (χ4v) is 2.14. The van der Waals surface area contributed by atoms with Crippen molar-refractivity contribution in [2.75, 3.05) is 18.8 Å². The number of halogens is 1. The van der Waals surface area contributed by atoms with Gasteiger partial charge in [-0.1, -0.05) is 17.7 Å². The maximum Gasteiger partial charge on any atom is 0.256 e. The molecule has 1 heterocycles. The van der Waals surface area contributed by atoms with E-state index in [1.807, 2.05) is 0 Å². The van der Waals surface area contributed by atoms with Gasteiger partial charge in [0.25, 0.3) is 5.91 Å². The Morgan fingerprint density at radius 1 is 1.56 bits per heavy atom.